The van der Waals surface area contributed by atoms with Gasteiger partial charge >= 0.3 is 19.8 Å². The van der Waals surface area contributed by atoms with Crippen molar-refractivity contribution < 1.29 is 42.7 Å². The van der Waals surface area contributed by atoms with Crippen molar-refractivity contribution in [2.45, 2.75) is 168 Å². The maximum atomic E-state index is 12.4. The van der Waals surface area contributed by atoms with Gasteiger partial charge in [-0.2, -0.15) is 0 Å². The van der Waals surface area contributed by atoms with Crippen LogP contribution in [-0.4, -0.2) is 46.8 Å². The van der Waals surface area contributed by atoms with Crippen LogP contribution in [0.15, 0.2) is 72.9 Å². The van der Waals surface area contributed by atoms with Gasteiger partial charge in [0.2, 0.25) is 0 Å². The first-order valence-electron chi connectivity index (χ1n) is 20.2. The first-order valence-corrected chi connectivity index (χ1v) is 21.7. The second kappa shape index (κ2) is 37.5. The summed E-state index contributed by atoms with van der Waals surface area (Å²) < 4.78 is 26.3. The summed E-state index contributed by atoms with van der Waals surface area (Å²) in [4.78, 5) is 54.5. The fourth-order valence-electron chi connectivity index (χ4n) is 5.11. The van der Waals surface area contributed by atoms with Crippen molar-refractivity contribution in [1.29, 1.82) is 0 Å². The van der Waals surface area contributed by atoms with Crippen molar-refractivity contribution in [3.63, 3.8) is 0 Å². The van der Waals surface area contributed by atoms with Crippen LogP contribution in [0.1, 0.15) is 162 Å². The number of carbonyl (C=O) groups is 3. The van der Waals surface area contributed by atoms with Crippen LogP contribution in [0.4, 0.5) is 0 Å². The Balaban J connectivity index is 4.11. The highest BCUT2D eigenvalue weighted by molar-refractivity contribution is 7.46. The van der Waals surface area contributed by atoms with Gasteiger partial charge in [0.1, 0.15) is 6.61 Å². The zero-order chi connectivity index (χ0) is 39.1. The van der Waals surface area contributed by atoms with Crippen molar-refractivity contribution >= 4 is 25.5 Å². The predicted molar refractivity (Wildman–Crippen MR) is 216 cm³/mol. The minimum absolute atomic E-state index is 0.160. The van der Waals surface area contributed by atoms with Crippen LogP contribution in [0, 0.1) is 0 Å². The molecule has 0 fully saturated rings. The number of phosphoric ester groups is 1. The summed E-state index contributed by atoms with van der Waals surface area (Å²) in [6.45, 7) is 3.43. The smallest absolute Gasteiger partial charge is 0.462 e. The van der Waals surface area contributed by atoms with Crippen molar-refractivity contribution in [3.05, 3.63) is 72.9 Å². The SMILES string of the molecule is CCCCC/C=C\C/C=C\CCCCCCCCCC(=O)O[C@H](COC(=O)CCC/C=C\C/C=C\C/C=C\C=C\C(=O)CCCCC)COP(=O)(O)O. The normalized spacial score (nSPS) is 13.1. The van der Waals surface area contributed by atoms with Gasteiger partial charge in [-0.25, -0.2) is 4.57 Å². The minimum atomic E-state index is -4.78. The summed E-state index contributed by atoms with van der Waals surface area (Å²) in [6.07, 6.45) is 44.6. The molecule has 9 nitrogen and oxygen atoms in total. The molecule has 0 rings (SSSR count). The standard InChI is InChI=1S/C43H71O9P/c1-3-5-7-8-9-10-11-12-13-14-15-16-19-23-26-29-33-37-43(46)52-41(39-51-53(47,48)49)38-50-42(45)36-32-28-25-22-20-17-18-21-24-27-31-35-40(44)34-30-6-4-2/h9-10,12-13,17-18,22,24-25,27,31,35,41H,3-8,11,14-16,19-21,23,26,28-30,32-34,36-39H2,1-2H3,(H2,47,48,49)/b10-9-,13-12-,18-17-,25-22-,27-24-,35-31+/t41-/m1/s1. The number of unbranched alkanes of at least 4 members (excludes halogenated alkanes) is 13. The van der Waals surface area contributed by atoms with Gasteiger partial charge in [-0.15, -0.1) is 0 Å². The van der Waals surface area contributed by atoms with E-state index in [0.717, 1.165) is 64.2 Å². The van der Waals surface area contributed by atoms with Crippen LogP contribution in [-0.2, 0) is 32.9 Å². The Bertz CT molecular complexity index is 1150. The van der Waals surface area contributed by atoms with E-state index in [1.807, 2.05) is 36.5 Å². The molecule has 0 aromatic carbocycles. The third-order valence-corrected chi connectivity index (χ3v) is 8.66. The Hall–Kier alpha value is -2.84. The average molecular weight is 763 g/mol. The Morgan fingerprint density at radius 2 is 1.04 bits per heavy atom. The predicted octanol–water partition coefficient (Wildman–Crippen LogP) is 11.5. The highest BCUT2D eigenvalue weighted by atomic mass is 31.2. The van der Waals surface area contributed by atoms with Crippen LogP contribution >= 0.6 is 7.82 Å². The minimum Gasteiger partial charge on any atom is -0.462 e. The number of rotatable bonds is 36. The van der Waals surface area contributed by atoms with Crippen molar-refractivity contribution in [1.82, 2.24) is 0 Å². The van der Waals surface area contributed by atoms with Crippen LogP contribution < -0.4 is 0 Å². The van der Waals surface area contributed by atoms with E-state index in [2.05, 4.69) is 42.7 Å². The Kier molecular flexibility index (Phi) is 35.5. The zero-order valence-corrected chi connectivity index (χ0v) is 33.8. The van der Waals surface area contributed by atoms with E-state index in [9.17, 15) is 18.9 Å². The van der Waals surface area contributed by atoms with Gasteiger partial charge in [0.25, 0.3) is 0 Å². The summed E-state index contributed by atoms with van der Waals surface area (Å²) in [6, 6.07) is 0. The van der Waals surface area contributed by atoms with Crippen molar-refractivity contribution in [2.75, 3.05) is 13.2 Å². The van der Waals surface area contributed by atoms with Gasteiger partial charge in [0.15, 0.2) is 11.9 Å². The molecule has 53 heavy (non-hydrogen) atoms. The van der Waals surface area contributed by atoms with Gasteiger partial charge in [0.05, 0.1) is 6.61 Å². The molecule has 0 bridgehead atoms. The van der Waals surface area contributed by atoms with Crippen LogP contribution in [0.5, 0.6) is 0 Å². The van der Waals surface area contributed by atoms with Gasteiger partial charge in [-0.3, -0.25) is 18.9 Å². The fourth-order valence-corrected chi connectivity index (χ4v) is 5.47. The van der Waals surface area contributed by atoms with Crippen LogP contribution in [0.3, 0.4) is 0 Å². The molecular formula is C43H71O9P. The third kappa shape index (κ3) is 40.2. The summed E-state index contributed by atoms with van der Waals surface area (Å²) in [7, 11) is -4.78. The molecule has 0 saturated heterocycles. The summed E-state index contributed by atoms with van der Waals surface area (Å²) in [5.74, 6) is -0.835. The number of carbonyl (C=O) groups excluding carboxylic acids is 3. The number of hydrogen-bond acceptors (Lipinski definition) is 7. The number of hydrogen-bond donors (Lipinski definition) is 2. The lowest BCUT2D eigenvalue weighted by atomic mass is 10.1. The topological polar surface area (TPSA) is 136 Å². The summed E-state index contributed by atoms with van der Waals surface area (Å²) >= 11 is 0. The quantitative estimate of drug-likeness (QED) is 0.0160. The Morgan fingerprint density at radius 1 is 0.547 bits per heavy atom. The number of phosphoric acid groups is 1. The molecule has 0 aromatic rings. The molecule has 0 amide bonds. The molecule has 0 heterocycles. The number of esters is 2. The average Bonchev–Trinajstić information content (AvgIpc) is 3.12. The molecule has 0 radical (unpaired) electrons. The van der Waals surface area contributed by atoms with E-state index in [-0.39, 0.29) is 25.2 Å². The molecule has 0 saturated carbocycles. The lowest BCUT2D eigenvalue weighted by Crippen LogP contribution is -2.29. The highest BCUT2D eigenvalue weighted by Crippen LogP contribution is 2.36. The van der Waals surface area contributed by atoms with E-state index in [0.29, 0.717) is 25.7 Å². The van der Waals surface area contributed by atoms with Gasteiger partial charge in [-0.1, -0.05) is 138 Å². The maximum absolute atomic E-state index is 12.4. The molecular weight excluding hydrogens is 691 g/mol. The second-order valence-corrected chi connectivity index (χ2v) is 14.5. The molecule has 0 aromatic heterocycles. The summed E-state index contributed by atoms with van der Waals surface area (Å²) in [5.41, 5.74) is 0. The molecule has 302 valence electrons. The summed E-state index contributed by atoms with van der Waals surface area (Å²) in [5, 5.41) is 0. The number of ether oxygens (including phenoxy) is 2. The van der Waals surface area contributed by atoms with Crippen LogP contribution in [0.25, 0.3) is 0 Å². The molecule has 10 heteroatoms. The molecule has 2 N–H and O–H groups in total. The van der Waals surface area contributed by atoms with E-state index < -0.39 is 32.5 Å². The van der Waals surface area contributed by atoms with E-state index in [1.54, 1.807) is 12.2 Å². The van der Waals surface area contributed by atoms with E-state index in [1.165, 1.54) is 44.9 Å². The molecule has 0 aliphatic rings. The maximum Gasteiger partial charge on any atom is 0.469 e. The molecule has 0 aliphatic heterocycles. The number of ketones is 1. The highest BCUT2D eigenvalue weighted by Gasteiger charge is 2.22. The molecule has 0 spiro atoms. The fraction of sp³-hybridized carbons (Fsp3) is 0.651. The Morgan fingerprint density at radius 3 is 1.66 bits per heavy atom. The second-order valence-electron chi connectivity index (χ2n) is 13.3. The largest absolute Gasteiger partial charge is 0.469 e. The monoisotopic (exact) mass is 762 g/mol. The molecule has 0 aliphatic carbocycles. The number of allylic oxidation sites excluding steroid dienone is 12. The Labute approximate surface area is 321 Å². The van der Waals surface area contributed by atoms with E-state index in [4.69, 9.17) is 19.3 Å². The van der Waals surface area contributed by atoms with Crippen molar-refractivity contribution in [2.24, 2.45) is 0 Å². The van der Waals surface area contributed by atoms with E-state index >= 15 is 0 Å². The van der Waals surface area contributed by atoms with Gasteiger partial charge in [-0.05, 0) is 76.7 Å². The molecule has 0 unspecified atom stereocenters. The lowest BCUT2D eigenvalue weighted by molar-refractivity contribution is -0.161. The van der Waals surface area contributed by atoms with Gasteiger partial charge in [0, 0.05) is 19.3 Å². The molecule has 1 atom stereocenters. The first kappa shape index (κ1) is 50.2. The van der Waals surface area contributed by atoms with Crippen LogP contribution in [0.2, 0.25) is 0 Å². The van der Waals surface area contributed by atoms with Gasteiger partial charge < -0.3 is 19.3 Å². The van der Waals surface area contributed by atoms with Crippen molar-refractivity contribution in [3.8, 4) is 0 Å². The zero-order valence-electron chi connectivity index (χ0n) is 32.9. The lowest BCUT2D eigenvalue weighted by Gasteiger charge is -2.18. The first-order chi connectivity index (χ1) is 25.7. The third-order valence-electron chi connectivity index (χ3n) is 8.17.